The molecule has 3 nitrogen and oxygen atoms in total. The third-order valence-corrected chi connectivity index (χ3v) is 1.44. The summed E-state index contributed by atoms with van der Waals surface area (Å²) in [6.07, 6.45) is 0. The third kappa shape index (κ3) is 2.31. The Labute approximate surface area is 56.4 Å². The van der Waals surface area contributed by atoms with Crippen LogP contribution in [0.2, 0.25) is 5.32 Å². The molecule has 0 fully saturated rings. The first-order valence-electron chi connectivity index (χ1n) is 2.14. The van der Waals surface area contributed by atoms with Crippen molar-refractivity contribution in [2.45, 2.75) is 11.4 Å². The van der Waals surface area contributed by atoms with Crippen molar-refractivity contribution in [3.63, 3.8) is 0 Å². The summed E-state index contributed by atoms with van der Waals surface area (Å²) >= 11 is 2.63. The number of methoxy groups -OCH3 is 1. The summed E-state index contributed by atoms with van der Waals surface area (Å²) in [6, 6.07) is -0.500. The number of hydrogen-bond donors (Lipinski definition) is 1. The van der Waals surface area contributed by atoms with E-state index in [0.717, 1.165) is 0 Å². The first kappa shape index (κ1) is 7.95. The molecule has 0 unspecified atom stereocenters. The molecule has 4 heteroatoms. The molecule has 0 spiro atoms. The van der Waals surface area contributed by atoms with Crippen LogP contribution in [0.1, 0.15) is 0 Å². The fraction of sp³-hybridized carbons (Fsp3) is 0.750. The average Bonchev–Trinajstić information content (AvgIpc) is 1.84. The molecule has 1 atom stereocenters. The Kier molecular flexibility index (Phi) is 3.87. The van der Waals surface area contributed by atoms with Crippen LogP contribution in [-0.4, -0.2) is 35.1 Å². The molecule has 47 valence electrons. The second-order valence-corrected chi connectivity index (χ2v) is 2.00. The van der Waals surface area contributed by atoms with E-state index in [9.17, 15) is 4.79 Å². The summed E-state index contributed by atoms with van der Waals surface area (Å²) < 4.78 is 4.32. The topological polar surface area (TPSA) is 52.3 Å². The van der Waals surface area contributed by atoms with Gasteiger partial charge in [0.2, 0.25) is 0 Å². The van der Waals surface area contributed by atoms with E-state index >= 15 is 0 Å². The van der Waals surface area contributed by atoms with E-state index < -0.39 is 6.04 Å². The molecule has 2 N–H and O–H groups in total. The summed E-state index contributed by atoms with van der Waals surface area (Å²) in [5, 5.41) is 0.507. The van der Waals surface area contributed by atoms with Gasteiger partial charge in [0.25, 0.3) is 0 Å². The number of esters is 1. The second kappa shape index (κ2) is 3.89. The van der Waals surface area contributed by atoms with Crippen LogP contribution in [0.3, 0.4) is 0 Å². The van der Waals surface area contributed by atoms with Crippen LogP contribution in [0.4, 0.5) is 0 Å². The zero-order valence-electron chi connectivity index (χ0n) is 4.59. The van der Waals surface area contributed by atoms with E-state index in [2.05, 4.69) is 20.7 Å². The molecule has 0 saturated heterocycles. The molecule has 0 saturated carbocycles. The molecule has 0 aromatic carbocycles. The first-order chi connectivity index (χ1) is 3.72. The van der Waals surface area contributed by atoms with Gasteiger partial charge in [0.1, 0.15) is 0 Å². The summed E-state index contributed by atoms with van der Waals surface area (Å²) in [6.45, 7) is 0. The molecule has 0 bridgehead atoms. The predicted molar refractivity (Wildman–Crippen MR) is 30.6 cm³/mol. The van der Waals surface area contributed by atoms with Gasteiger partial charge in [-0.3, -0.25) is 0 Å². The molecule has 0 aromatic rings. The van der Waals surface area contributed by atoms with Gasteiger partial charge < -0.3 is 0 Å². The van der Waals surface area contributed by atoms with Crippen molar-refractivity contribution in [1.29, 1.82) is 0 Å². The van der Waals surface area contributed by atoms with Crippen molar-refractivity contribution in [3.05, 3.63) is 0 Å². The van der Waals surface area contributed by atoms with E-state index in [1.54, 1.807) is 0 Å². The number of carbonyl (C=O) groups is 1. The summed E-state index contributed by atoms with van der Waals surface area (Å²) in [7, 11) is 1.32. The van der Waals surface area contributed by atoms with Crippen LogP contribution in [0.15, 0.2) is 0 Å². The van der Waals surface area contributed by atoms with Crippen LogP contribution in [0.5, 0.6) is 0 Å². The van der Waals surface area contributed by atoms with Crippen molar-refractivity contribution in [3.8, 4) is 0 Å². The normalized spacial score (nSPS) is 12.9. The molecule has 0 aromatic heterocycles. The quantitative estimate of drug-likeness (QED) is 0.442. The standard InChI is InChI=1S/C4H8NO2Se/c1-7-4(6)3(5)2-8/h3H,2,5H2,1H3/t3-/m0/s1. The number of ether oxygens (including phenoxy) is 1. The minimum absolute atomic E-state index is 0.372. The van der Waals surface area contributed by atoms with Gasteiger partial charge >= 0.3 is 55.7 Å². The number of hydrogen-bond acceptors (Lipinski definition) is 3. The van der Waals surface area contributed by atoms with Gasteiger partial charge in [0.05, 0.1) is 0 Å². The number of carbonyl (C=O) groups excluding carboxylic acids is 1. The number of rotatable bonds is 2. The summed E-state index contributed by atoms with van der Waals surface area (Å²) in [4.78, 5) is 10.4. The van der Waals surface area contributed by atoms with Gasteiger partial charge in [-0.05, 0) is 0 Å². The Morgan fingerprint density at radius 1 is 2.00 bits per heavy atom. The Bertz CT molecular complexity index is 86.1. The van der Waals surface area contributed by atoms with Gasteiger partial charge in [-0.2, -0.15) is 0 Å². The zero-order chi connectivity index (χ0) is 6.57. The van der Waals surface area contributed by atoms with E-state index in [0.29, 0.717) is 5.32 Å². The number of nitrogens with two attached hydrogens (primary N) is 1. The van der Waals surface area contributed by atoms with Crippen molar-refractivity contribution in [2.75, 3.05) is 7.11 Å². The second-order valence-electron chi connectivity index (χ2n) is 1.30. The molecule has 0 aliphatic heterocycles. The van der Waals surface area contributed by atoms with Crippen molar-refractivity contribution in [2.24, 2.45) is 5.73 Å². The molecule has 0 rings (SSSR count). The SMILES string of the molecule is COC(=O)[C@@H](N)C[Se]. The maximum atomic E-state index is 10.4. The Balaban J connectivity index is 3.46. The van der Waals surface area contributed by atoms with Crippen molar-refractivity contribution in [1.82, 2.24) is 0 Å². The van der Waals surface area contributed by atoms with Gasteiger partial charge in [0.15, 0.2) is 0 Å². The van der Waals surface area contributed by atoms with E-state index in [4.69, 9.17) is 5.73 Å². The molecular weight excluding hydrogens is 173 g/mol. The van der Waals surface area contributed by atoms with E-state index in [1.165, 1.54) is 7.11 Å². The van der Waals surface area contributed by atoms with Crippen LogP contribution in [0.25, 0.3) is 0 Å². The zero-order valence-corrected chi connectivity index (χ0v) is 6.30. The molecule has 8 heavy (non-hydrogen) atoms. The maximum absolute atomic E-state index is 10.4. The molecule has 0 aliphatic rings. The Morgan fingerprint density at radius 3 is 2.62 bits per heavy atom. The third-order valence-electron chi connectivity index (χ3n) is 0.683. The van der Waals surface area contributed by atoms with Crippen molar-refractivity contribution < 1.29 is 9.53 Å². The molecule has 0 amide bonds. The van der Waals surface area contributed by atoms with Crippen LogP contribution in [0, 0.1) is 0 Å². The Morgan fingerprint density at radius 2 is 2.50 bits per heavy atom. The Hall–Kier alpha value is -0.0505. The molecule has 0 aliphatic carbocycles. The van der Waals surface area contributed by atoms with Gasteiger partial charge in [-0.25, -0.2) is 0 Å². The summed E-state index contributed by atoms with van der Waals surface area (Å²) in [5.74, 6) is -0.372. The van der Waals surface area contributed by atoms with Crippen LogP contribution >= 0.6 is 0 Å². The monoisotopic (exact) mass is 182 g/mol. The van der Waals surface area contributed by atoms with Gasteiger partial charge in [-0.1, -0.05) is 0 Å². The fourth-order valence-corrected chi connectivity index (χ4v) is 0.505. The van der Waals surface area contributed by atoms with E-state index in [-0.39, 0.29) is 5.97 Å². The molecule has 0 heterocycles. The average molecular weight is 181 g/mol. The van der Waals surface area contributed by atoms with Crippen LogP contribution in [-0.2, 0) is 9.53 Å². The van der Waals surface area contributed by atoms with Gasteiger partial charge in [-0.15, -0.1) is 0 Å². The minimum atomic E-state index is -0.500. The van der Waals surface area contributed by atoms with E-state index in [1.807, 2.05) is 0 Å². The molecular formula is C4H8NO2Se. The van der Waals surface area contributed by atoms with Gasteiger partial charge in [0, 0.05) is 0 Å². The fourth-order valence-electron chi connectivity index (χ4n) is 0.219. The summed E-state index contributed by atoms with van der Waals surface area (Å²) in [5.41, 5.74) is 5.22. The molecule has 1 radical (unpaired) electrons. The first-order valence-corrected chi connectivity index (χ1v) is 3.35. The predicted octanol–water partition coefficient (Wildman–Crippen LogP) is -0.927. The van der Waals surface area contributed by atoms with Crippen molar-refractivity contribution >= 4 is 22.0 Å². The van der Waals surface area contributed by atoms with Crippen LogP contribution < -0.4 is 5.73 Å².